The average molecular weight is 321 g/mol. The first kappa shape index (κ1) is 17.2. The van der Waals surface area contributed by atoms with Gasteiger partial charge in [-0.3, -0.25) is 0 Å². The largest absolute Gasteiger partial charge is 0.494 e. The van der Waals surface area contributed by atoms with Crippen molar-refractivity contribution in [1.29, 1.82) is 0 Å². The minimum absolute atomic E-state index is 0.673. The number of nitrogens with zero attached hydrogens (tertiary/aromatic N) is 1. The van der Waals surface area contributed by atoms with Crippen molar-refractivity contribution >= 4 is 17.2 Å². The molecule has 0 amide bonds. The second-order valence-corrected chi connectivity index (χ2v) is 6.77. The molecule has 0 unspecified atom stereocenters. The summed E-state index contributed by atoms with van der Waals surface area (Å²) in [6.07, 6.45) is 3.75. The van der Waals surface area contributed by atoms with E-state index in [1.165, 1.54) is 25.9 Å². The monoisotopic (exact) mass is 320 g/mol. The molecular weight excluding hydrogens is 292 g/mol. The molecule has 0 radical (unpaired) electrons. The predicted molar refractivity (Wildman–Crippen MR) is 96.8 cm³/mol. The molecule has 4 heteroatoms. The number of hydrogen-bond donors (Lipinski definition) is 1. The normalized spacial score (nSPS) is 15.2. The topological polar surface area (TPSA) is 24.5 Å². The van der Waals surface area contributed by atoms with Gasteiger partial charge >= 0.3 is 0 Å². The lowest BCUT2D eigenvalue weighted by atomic mass is 10.1. The molecule has 1 saturated heterocycles. The van der Waals surface area contributed by atoms with Gasteiger partial charge in [-0.1, -0.05) is 26.1 Å². The van der Waals surface area contributed by atoms with Crippen molar-refractivity contribution in [3.8, 4) is 5.75 Å². The summed E-state index contributed by atoms with van der Waals surface area (Å²) in [5.41, 5.74) is 1.06. The second-order valence-electron chi connectivity index (χ2n) is 6.36. The summed E-state index contributed by atoms with van der Waals surface area (Å²) < 4.78 is 5.73. The third-order valence-corrected chi connectivity index (χ3v) is 4.37. The van der Waals surface area contributed by atoms with Gasteiger partial charge < -0.3 is 15.0 Å². The zero-order chi connectivity index (χ0) is 15.8. The van der Waals surface area contributed by atoms with Crippen LogP contribution in [-0.4, -0.2) is 42.7 Å². The average Bonchev–Trinajstić information content (AvgIpc) is 3.01. The Morgan fingerprint density at radius 1 is 1.23 bits per heavy atom. The van der Waals surface area contributed by atoms with E-state index in [1.54, 1.807) is 0 Å². The Morgan fingerprint density at radius 3 is 2.55 bits per heavy atom. The molecule has 0 spiro atoms. The van der Waals surface area contributed by atoms with Crippen LogP contribution in [0.25, 0.3) is 0 Å². The Balaban J connectivity index is 1.70. The van der Waals surface area contributed by atoms with Crippen LogP contribution in [0.1, 0.15) is 38.7 Å². The maximum atomic E-state index is 5.73. The Labute approximate surface area is 140 Å². The molecule has 1 fully saturated rings. The van der Waals surface area contributed by atoms with Crippen LogP contribution in [-0.2, 0) is 0 Å². The summed E-state index contributed by atoms with van der Waals surface area (Å²) in [6, 6.07) is 8.08. The molecule has 0 bridgehead atoms. The molecule has 0 atom stereocenters. The highest BCUT2D eigenvalue weighted by Crippen LogP contribution is 2.14. The van der Waals surface area contributed by atoms with Gasteiger partial charge in [0.15, 0.2) is 0 Å². The second kappa shape index (κ2) is 9.11. The number of thiocarbonyl (C=S) groups is 1. The molecule has 1 aromatic rings. The Bertz CT molecular complexity index is 453. The van der Waals surface area contributed by atoms with E-state index in [2.05, 4.69) is 24.1 Å². The maximum absolute atomic E-state index is 5.73. The fourth-order valence-corrected chi connectivity index (χ4v) is 2.79. The molecule has 0 saturated carbocycles. The molecule has 1 aliphatic rings. The van der Waals surface area contributed by atoms with Gasteiger partial charge in [0.25, 0.3) is 0 Å². The molecule has 22 heavy (non-hydrogen) atoms. The Morgan fingerprint density at radius 2 is 1.91 bits per heavy atom. The highest BCUT2D eigenvalue weighted by molar-refractivity contribution is 7.80. The fourth-order valence-electron chi connectivity index (χ4n) is 2.55. The summed E-state index contributed by atoms with van der Waals surface area (Å²) in [4.78, 5) is 3.31. The van der Waals surface area contributed by atoms with E-state index < -0.39 is 0 Å². The molecular formula is C18H28N2OS. The van der Waals surface area contributed by atoms with E-state index in [9.17, 15) is 0 Å². The van der Waals surface area contributed by atoms with E-state index in [0.717, 1.165) is 42.4 Å². The number of benzene rings is 1. The molecule has 1 heterocycles. The molecule has 1 N–H and O–H groups in total. The summed E-state index contributed by atoms with van der Waals surface area (Å²) in [6.45, 7) is 9.66. The third-order valence-electron chi connectivity index (χ3n) is 3.99. The van der Waals surface area contributed by atoms with Crippen LogP contribution in [0.15, 0.2) is 24.3 Å². The molecule has 3 nitrogen and oxygen atoms in total. The molecule has 0 aliphatic carbocycles. The first-order chi connectivity index (χ1) is 10.6. The van der Waals surface area contributed by atoms with Gasteiger partial charge in [-0.15, -0.1) is 0 Å². The summed E-state index contributed by atoms with van der Waals surface area (Å²) in [5, 5.41) is 3.35. The SMILES string of the molecule is CC(C)CCOc1ccc(C(=S)NCCN2CCCC2)cc1. The first-order valence-electron chi connectivity index (χ1n) is 8.38. The van der Waals surface area contributed by atoms with E-state index in [1.807, 2.05) is 24.3 Å². The standard InChI is InChI=1S/C18H28N2OS/c1-15(2)9-14-21-17-7-5-16(6-8-17)18(22)19-10-13-20-11-3-4-12-20/h5-8,15H,3-4,9-14H2,1-2H3,(H,19,22). The summed E-state index contributed by atoms with van der Waals surface area (Å²) in [7, 11) is 0. The van der Waals surface area contributed by atoms with Crippen molar-refractivity contribution in [3.05, 3.63) is 29.8 Å². The van der Waals surface area contributed by atoms with Gasteiger partial charge in [-0.2, -0.15) is 0 Å². The van der Waals surface area contributed by atoms with E-state index in [-0.39, 0.29) is 0 Å². The zero-order valence-electron chi connectivity index (χ0n) is 13.8. The van der Waals surface area contributed by atoms with Crippen molar-refractivity contribution in [2.45, 2.75) is 33.1 Å². The number of ether oxygens (including phenoxy) is 1. The van der Waals surface area contributed by atoms with Crippen molar-refractivity contribution in [1.82, 2.24) is 10.2 Å². The van der Waals surface area contributed by atoms with Crippen molar-refractivity contribution in [2.75, 3.05) is 32.8 Å². The zero-order valence-corrected chi connectivity index (χ0v) is 14.6. The lowest BCUT2D eigenvalue weighted by molar-refractivity contribution is 0.289. The van der Waals surface area contributed by atoms with Crippen LogP contribution in [0.4, 0.5) is 0 Å². The Hall–Kier alpha value is -1.13. The first-order valence-corrected chi connectivity index (χ1v) is 8.79. The van der Waals surface area contributed by atoms with Gasteiger partial charge in [0, 0.05) is 18.7 Å². The van der Waals surface area contributed by atoms with Crippen LogP contribution in [0, 0.1) is 5.92 Å². The third kappa shape index (κ3) is 5.93. The van der Waals surface area contributed by atoms with Crippen LogP contribution in [0.5, 0.6) is 5.75 Å². The van der Waals surface area contributed by atoms with Crippen LogP contribution < -0.4 is 10.1 Å². The molecule has 2 rings (SSSR count). The van der Waals surface area contributed by atoms with Crippen molar-refractivity contribution in [3.63, 3.8) is 0 Å². The lowest BCUT2D eigenvalue weighted by Gasteiger charge is -2.16. The van der Waals surface area contributed by atoms with Gasteiger partial charge in [-0.25, -0.2) is 0 Å². The van der Waals surface area contributed by atoms with Crippen LogP contribution in [0.3, 0.4) is 0 Å². The van der Waals surface area contributed by atoms with Crippen molar-refractivity contribution < 1.29 is 4.74 Å². The van der Waals surface area contributed by atoms with Gasteiger partial charge in [-0.05, 0) is 62.5 Å². The number of likely N-dealkylation sites (tertiary alicyclic amines) is 1. The molecule has 1 aliphatic heterocycles. The van der Waals surface area contributed by atoms with Gasteiger partial charge in [0.05, 0.1) is 6.61 Å². The minimum atomic E-state index is 0.673. The van der Waals surface area contributed by atoms with Gasteiger partial charge in [0.1, 0.15) is 10.7 Å². The predicted octanol–water partition coefficient (Wildman–Crippen LogP) is 3.47. The number of nitrogens with one attached hydrogen (secondary N) is 1. The minimum Gasteiger partial charge on any atom is -0.494 e. The Kier molecular flexibility index (Phi) is 7.13. The summed E-state index contributed by atoms with van der Waals surface area (Å²) in [5.74, 6) is 1.59. The van der Waals surface area contributed by atoms with E-state index >= 15 is 0 Å². The molecule has 0 aromatic heterocycles. The maximum Gasteiger partial charge on any atom is 0.119 e. The van der Waals surface area contributed by atoms with E-state index in [4.69, 9.17) is 17.0 Å². The lowest BCUT2D eigenvalue weighted by Crippen LogP contribution is -2.32. The van der Waals surface area contributed by atoms with E-state index in [0.29, 0.717) is 5.92 Å². The number of hydrogen-bond acceptors (Lipinski definition) is 3. The quantitative estimate of drug-likeness (QED) is 0.741. The summed E-state index contributed by atoms with van der Waals surface area (Å²) >= 11 is 5.46. The fraction of sp³-hybridized carbons (Fsp3) is 0.611. The van der Waals surface area contributed by atoms with Crippen LogP contribution in [0.2, 0.25) is 0 Å². The highest BCUT2D eigenvalue weighted by Gasteiger charge is 2.10. The highest BCUT2D eigenvalue weighted by atomic mass is 32.1. The molecule has 122 valence electrons. The smallest absolute Gasteiger partial charge is 0.119 e. The van der Waals surface area contributed by atoms with Crippen LogP contribution >= 0.6 is 12.2 Å². The van der Waals surface area contributed by atoms with Crippen molar-refractivity contribution in [2.24, 2.45) is 5.92 Å². The molecule has 1 aromatic carbocycles. The number of rotatable bonds is 8. The van der Waals surface area contributed by atoms with Gasteiger partial charge in [0.2, 0.25) is 0 Å².